The van der Waals surface area contributed by atoms with Crippen molar-refractivity contribution in [3.8, 4) is 0 Å². The Kier molecular flexibility index (Phi) is 3.38. The Balaban J connectivity index is 1.60. The Morgan fingerprint density at radius 2 is 2.19 bits per heavy atom. The largest absolute Gasteiger partial charge is 0.350 e. The zero-order valence-electron chi connectivity index (χ0n) is 13.9. The molecule has 0 saturated heterocycles. The number of amides is 1. The van der Waals surface area contributed by atoms with E-state index in [2.05, 4.69) is 26.1 Å². The van der Waals surface area contributed by atoms with Crippen LogP contribution in [0.1, 0.15) is 39.4 Å². The molecule has 0 spiro atoms. The molecule has 0 aliphatic heterocycles. The Morgan fingerprint density at radius 3 is 2.71 bits per heavy atom. The summed E-state index contributed by atoms with van der Waals surface area (Å²) < 4.78 is 4.04. The van der Waals surface area contributed by atoms with Gasteiger partial charge in [-0.25, -0.2) is 9.13 Å². The summed E-state index contributed by atoms with van der Waals surface area (Å²) in [6.07, 6.45) is 6.46. The molecule has 4 rings (SSSR count). The first-order valence-corrected chi connectivity index (χ1v) is 8.11. The summed E-state index contributed by atoms with van der Waals surface area (Å²) in [5.74, 6) is 3.40. The molecule has 3 fully saturated rings. The number of nitrogens with one attached hydrogen (secondary N) is 1. The van der Waals surface area contributed by atoms with Gasteiger partial charge in [0.15, 0.2) is 6.54 Å². The van der Waals surface area contributed by atoms with E-state index in [1.807, 2.05) is 35.5 Å². The molecule has 3 aliphatic rings. The van der Waals surface area contributed by atoms with E-state index in [1.165, 1.54) is 6.42 Å². The van der Waals surface area contributed by atoms with Gasteiger partial charge >= 0.3 is 0 Å². The molecule has 1 aromatic rings. The molecule has 4 atom stereocenters. The Hall–Kier alpha value is -1.32. The van der Waals surface area contributed by atoms with Crippen LogP contribution in [0.15, 0.2) is 12.4 Å². The lowest BCUT2D eigenvalue weighted by molar-refractivity contribution is -0.677. The minimum absolute atomic E-state index is 0.144. The van der Waals surface area contributed by atoms with Gasteiger partial charge < -0.3 is 5.32 Å². The van der Waals surface area contributed by atoms with Crippen molar-refractivity contribution in [2.75, 3.05) is 0 Å². The van der Waals surface area contributed by atoms with Crippen LogP contribution < -0.4 is 9.88 Å². The van der Waals surface area contributed by atoms with Gasteiger partial charge in [-0.1, -0.05) is 20.8 Å². The lowest BCUT2D eigenvalue weighted by Gasteiger charge is -2.62. The average Bonchev–Trinajstić information content (AvgIpc) is 2.72. The number of imidazole rings is 1. The molecular weight excluding hydrogens is 262 g/mol. The summed E-state index contributed by atoms with van der Waals surface area (Å²) in [6, 6.07) is 0.360. The van der Waals surface area contributed by atoms with Crippen LogP contribution in [-0.2, 0) is 18.4 Å². The second-order valence-electron chi connectivity index (χ2n) is 7.71. The van der Waals surface area contributed by atoms with Gasteiger partial charge in [0, 0.05) is 13.0 Å². The fourth-order valence-electron chi connectivity index (χ4n) is 4.51. The summed E-state index contributed by atoms with van der Waals surface area (Å²) >= 11 is 0. The minimum atomic E-state index is 0.144. The van der Waals surface area contributed by atoms with E-state index in [-0.39, 0.29) is 5.91 Å². The van der Waals surface area contributed by atoms with E-state index in [0.29, 0.717) is 23.9 Å². The molecule has 1 aromatic heterocycles. The zero-order chi connectivity index (χ0) is 15.4. The fraction of sp³-hybridized carbons (Fsp3) is 0.765. The van der Waals surface area contributed by atoms with E-state index in [1.54, 1.807) is 0 Å². The van der Waals surface area contributed by atoms with Gasteiger partial charge in [0.25, 0.3) is 11.7 Å². The predicted molar refractivity (Wildman–Crippen MR) is 81.4 cm³/mol. The molecular formula is C17H28N3O+. The summed E-state index contributed by atoms with van der Waals surface area (Å²) in [5, 5.41) is 3.28. The number of rotatable bonds is 3. The van der Waals surface area contributed by atoms with Crippen LogP contribution >= 0.6 is 0 Å². The molecule has 1 amide bonds. The molecule has 0 aromatic carbocycles. The summed E-state index contributed by atoms with van der Waals surface area (Å²) in [7, 11) is 2.00. The molecule has 3 saturated carbocycles. The second-order valence-corrected chi connectivity index (χ2v) is 7.71. The van der Waals surface area contributed by atoms with Crippen molar-refractivity contribution in [3.05, 3.63) is 18.2 Å². The molecule has 4 nitrogen and oxygen atoms in total. The van der Waals surface area contributed by atoms with Crippen LogP contribution in [0, 0.1) is 30.1 Å². The topological polar surface area (TPSA) is 37.9 Å². The smallest absolute Gasteiger partial charge is 0.262 e. The minimum Gasteiger partial charge on any atom is -0.350 e. The summed E-state index contributed by atoms with van der Waals surface area (Å²) in [5.41, 5.74) is 0.478. The van der Waals surface area contributed by atoms with Gasteiger partial charge in [-0.15, -0.1) is 0 Å². The normalized spacial score (nSPS) is 33.4. The monoisotopic (exact) mass is 290 g/mol. The van der Waals surface area contributed by atoms with Crippen LogP contribution in [0.3, 0.4) is 0 Å². The van der Waals surface area contributed by atoms with Crippen molar-refractivity contribution in [3.63, 3.8) is 0 Å². The SMILES string of the molecule is Cc1n(CC(=O)N[C@@H]2C[C@@H]3C[C@H]([C@H]2C)C3(C)C)cc[n+]1C. The number of hydrogen-bond acceptors (Lipinski definition) is 1. The predicted octanol–water partition coefficient (Wildman–Crippen LogP) is 1.81. The van der Waals surface area contributed by atoms with E-state index >= 15 is 0 Å². The number of hydrogen-bond donors (Lipinski definition) is 1. The van der Waals surface area contributed by atoms with Crippen molar-refractivity contribution >= 4 is 5.91 Å². The third-order valence-corrected chi connectivity index (χ3v) is 6.41. The molecule has 2 bridgehead atoms. The van der Waals surface area contributed by atoms with Gasteiger partial charge in [0.05, 0.1) is 7.05 Å². The van der Waals surface area contributed by atoms with Crippen LogP contribution in [-0.4, -0.2) is 16.5 Å². The molecule has 1 N–H and O–H groups in total. The molecule has 0 unspecified atom stereocenters. The molecule has 4 heteroatoms. The molecule has 3 aliphatic carbocycles. The van der Waals surface area contributed by atoms with Crippen molar-refractivity contribution in [1.82, 2.24) is 9.88 Å². The van der Waals surface area contributed by atoms with Crippen molar-refractivity contribution in [1.29, 1.82) is 0 Å². The van der Waals surface area contributed by atoms with E-state index in [9.17, 15) is 4.79 Å². The van der Waals surface area contributed by atoms with Gasteiger partial charge in [-0.2, -0.15) is 0 Å². The number of aromatic nitrogens is 2. The Morgan fingerprint density at radius 1 is 1.48 bits per heavy atom. The highest BCUT2D eigenvalue weighted by molar-refractivity contribution is 5.76. The highest BCUT2D eigenvalue weighted by Crippen LogP contribution is 2.61. The van der Waals surface area contributed by atoms with Crippen LogP contribution in [0.4, 0.5) is 0 Å². The molecule has 21 heavy (non-hydrogen) atoms. The first kappa shape index (κ1) is 14.6. The number of aryl methyl sites for hydroxylation is 1. The van der Waals surface area contributed by atoms with E-state index < -0.39 is 0 Å². The highest BCUT2D eigenvalue weighted by Gasteiger charge is 2.56. The van der Waals surface area contributed by atoms with Gasteiger partial charge in [0.1, 0.15) is 12.4 Å². The van der Waals surface area contributed by atoms with Crippen molar-refractivity contribution in [2.24, 2.45) is 30.2 Å². The van der Waals surface area contributed by atoms with Crippen LogP contribution in [0.5, 0.6) is 0 Å². The first-order chi connectivity index (χ1) is 9.80. The summed E-state index contributed by atoms with van der Waals surface area (Å²) in [6.45, 7) is 9.56. The average molecular weight is 290 g/mol. The van der Waals surface area contributed by atoms with E-state index in [0.717, 1.165) is 24.1 Å². The van der Waals surface area contributed by atoms with Crippen molar-refractivity contribution < 1.29 is 9.36 Å². The van der Waals surface area contributed by atoms with Crippen molar-refractivity contribution in [2.45, 2.75) is 53.1 Å². The number of carbonyl (C=O) groups excluding carboxylic acids is 1. The Bertz CT molecular complexity index is 560. The highest BCUT2D eigenvalue weighted by atomic mass is 16.2. The van der Waals surface area contributed by atoms with Gasteiger partial charge in [-0.3, -0.25) is 4.79 Å². The third kappa shape index (κ3) is 2.29. The van der Waals surface area contributed by atoms with Crippen LogP contribution in [0.2, 0.25) is 0 Å². The zero-order valence-corrected chi connectivity index (χ0v) is 13.9. The quantitative estimate of drug-likeness (QED) is 0.847. The third-order valence-electron chi connectivity index (χ3n) is 6.41. The number of nitrogens with zero attached hydrogens (tertiary/aromatic N) is 2. The number of carbonyl (C=O) groups is 1. The number of fused-ring (bicyclic) bond motifs is 2. The maximum absolute atomic E-state index is 12.3. The first-order valence-electron chi connectivity index (χ1n) is 8.11. The standard InChI is InChI=1S/C17H27N3O/c1-11-14-8-13(17(14,3)4)9-15(11)18-16(21)10-20-7-6-19(5)12(20)2/h6-7,11,13-15H,8-10H2,1-5H3/p+1/t11-,13+,14-,15-/m1/s1. The lowest BCUT2D eigenvalue weighted by Crippen LogP contribution is -2.60. The maximum atomic E-state index is 12.3. The molecule has 116 valence electrons. The maximum Gasteiger partial charge on any atom is 0.262 e. The molecule has 0 radical (unpaired) electrons. The molecule has 1 heterocycles. The van der Waals surface area contributed by atoms with Gasteiger partial charge in [-0.05, 0) is 36.0 Å². The van der Waals surface area contributed by atoms with Crippen LogP contribution in [0.25, 0.3) is 0 Å². The summed E-state index contributed by atoms with van der Waals surface area (Å²) in [4.78, 5) is 12.3. The fourth-order valence-corrected chi connectivity index (χ4v) is 4.51. The van der Waals surface area contributed by atoms with Gasteiger partial charge in [0.2, 0.25) is 0 Å². The Labute approximate surface area is 127 Å². The second kappa shape index (κ2) is 4.85. The lowest BCUT2D eigenvalue weighted by atomic mass is 9.45. The van der Waals surface area contributed by atoms with E-state index in [4.69, 9.17) is 0 Å².